The largest absolute Gasteiger partial charge is 0.396 e. The molecule has 2 aromatic rings. The second kappa shape index (κ2) is 5.05. The summed E-state index contributed by atoms with van der Waals surface area (Å²) in [5.74, 6) is 0.298. The zero-order valence-electron chi connectivity index (χ0n) is 10.8. The van der Waals surface area contributed by atoms with Crippen molar-refractivity contribution >= 4 is 16.8 Å². The average molecular weight is 258 g/mol. The second-order valence-electron chi connectivity index (χ2n) is 5.19. The van der Waals surface area contributed by atoms with Gasteiger partial charge in [-0.1, -0.05) is 6.07 Å². The van der Waals surface area contributed by atoms with Crippen LogP contribution >= 0.6 is 0 Å². The van der Waals surface area contributed by atoms with Gasteiger partial charge < -0.3 is 15.0 Å². The van der Waals surface area contributed by atoms with E-state index >= 15 is 0 Å². The maximum Gasteiger partial charge on any atom is 0.254 e. The van der Waals surface area contributed by atoms with E-state index in [0.29, 0.717) is 6.54 Å². The number of aliphatic hydroxyl groups excluding tert-OH is 1. The van der Waals surface area contributed by atoms with Crippen molar-refractivity contribution in [3.05, 3.63) is 36.0 Å². The zero-order chi connectivity index (χ0) is 13.2. The topological polar surface area (TPSA) is 56.3 Å². The third-order valence-electron chi connectivity index (χ3n) is 3.89. The summed E-state index contributed by atoms with van der Waals surface area (Å²) in [6, 6.07) is 7.69. The van der Waals surface area contributed by atoms with Crippen molar-refractivity contribution in [2.75, 3.05) is 19.7 Å². The van der Waals surface area contributed by atoms with Crippen molar-refractivity contribution < 1.29 is 9.90 Å². The summed E-state index contributed by atoms with van der Waals surface area (Å²) in [6.45, 7) is 1.62. The van der Waals surface area contributed by atoms with E-state index in [9.17, 15) is 9.90 Å². The third-order valence-corrected chi connectivity index (χ3v) is 3.89. The number of fused-ring (bicyclic) bond motifs is 1. The summed E-state index contributed by atoms with van der Waals surface area (Å²) in [5, 5.41) is 10.2. The molecule has 1 atom stereocenters. The first-order valence-electron chi connectivity index (χ1n) is 6.76. The van der Waals surface area contributed by atoms with Crippen LogP contribution < -0.4 is 0 Å². The van der Waals surface area contributed by atoms with Crippen molar-refractivity contribution in [2.24, 2.45) is 5.92 Å². The van der Waals surface area contributed by atoms with Crippen LogP contribution in [0.25, 0.3) is 10.9 Å². The molecule has 3 rings (SSSR count). The Morgan fingerprint density at radius 1 is 1.42 bits per heavy atom. The van der Waals surface area contributed by atoms with Gasteiger partial charge in [0.25, 0.3) is 5.91 Å². The van der Waals surface area contributed by atoms with Crippen LogP contribution in [0.3, 0.4) is 0 Å². The Morgan fingerprint density at radius 2 is 2.32 bits per heavy atom. The highest BCUT2D eigenvalue weighted by Crippen LogP contribution is 2.22. The molecule has 2 N–H and O–H groups in total. The van der Waals surface area contributed by atoms with Crippen LogP contribution in [-0.2, 0) is 0 Å². The van der Waals surface area contributed by atoms with Crippen LogP contribution in [0.1, 0.15) is 23.2 Å². The number of aromatic nitrogens is 1. The molecule has 2 heterocycles. The molecule has 0 radical (unpaired) electrons. The minimum absolute atomic E-state index is 0.0725. The SMILES string of the molecule is O=C(c1cccc2[nH]ccc12)N1CCCC(CO)C1. The molecule has 1 aromatic heterocycles. The number of carbonyl (C=O) groups is 1. The summed E-state index contributed by atoms with van der Waals surface area (Å²) in [6.07, 6.45) is 3.84. The van der Waals surface area contributed by atoms with Crippen LogP contribution in [0.2, 0.25) is 0 Å². The van der Waals surface area contributed by atoms with Crippen molar-refractivity contribution in [3.8, 4) is 0 Å². The summed E-state index contributed by atoms with van der Waals surface area (Å²) in [7, 11) is 0. The highest BCUT2D eigenvalue weighted by atomic mass is 16.3. The Bertz CT molecular complexity index is 591. The van der Waals surface area contributed by atoms with E-state index in [1.165, 1.54) is 0 Å². The molecule has 0 bridgehead atoms. The second-order valence-corrected chi connectivity index (χ2v) is 5.19. The van der Waals surface area contributed by atoms with Gasteiger partial charge in [0.15, 0.2) is 0 Å². The number of hydrogen-bond acceptors (Lipinski definition) is 2. The number of aromatic amines is 1. The maximum absolute atomic E-state index is 12.6. The first-order chi connectivity index (χ1) is 9.29. The van der Waals surface area contributed by atoms with E-state index in [2.05, 4.69) is 4.98 Å². The van der Waals surface area contributed by atoms with Crippen molar-refractivity contribution in [1.82, 2.24) is 9.88 Å². The lowest BCUT2D eigenvalue weighted by Crippen LogP contribution is -2.41. The molecule has 4 nitrogen and oxygen atoms in total. The van der Waals surface area contributed by atoms with E-state index in [4.69, 9.17) is 0 Å². The number of H-pyrrole nitrogens is 1. The summed E-state index contributed by atoms with van der Waals surface area (Å²) in [4.78, 5) is 17.6. The molecular formula is C15H18N2O2. The Labute approximate surface area is 112 Å². The van der Waals surface area contributed by atoms with Gasteiger partial charge >= 0.3 is 0 Å². The van der Waals surface area contributed by atoms with Gasteiger partial charge in [-0.15, -0.1) is 0 Å². The number of likely N-dealkylation sites (tertiary alicyclic amines) is 1. The van der Waals surface area contributed by atoms with Gasteiger partial charge in [0, 0.05) is 42.4 Å². The van der Waals surface area contributed by atoms with Gasteiger partial charge in [0.2, 0.25) is 0 Å². The van der Waals surface area contributed by atoms with Gasteiger partial charge in [0.1, 0.15) is 0 Å². The Morgan fingerprint density at radius 3 is 3.16 bits per heavy atom. The van der Waals surface area contributed by atoms with Crippen LogP contribution in [0.5, 0.6) is 0 Å². The van der Waals surface area contributed by atoms with Crippen molar-refractivity contribution in [1.29, 1.82) is 0 Å². The minimum atomic E-state index is 0.0725. The highest BCUT2D eigenvalue weighted by molar-refractivity contribution is 6.06. The Hall–Kier alpha value is -1.81. The molecule has 0 saturated carbocycles. The van der Waals surface area contributed by atoms with Gasteiger partial charge in [-0.3, -0.25) is 4.79 Å². The van der Waals surface area contributed by atoms with Crippen molar-refractivity contribution in [3.63, 3.8) is 0 Å². The molecule has 1 saturated heterocycles. The van der Waals surface area contributed by atoms with E-state index in [1.54, 1.807) is 0 Å². The zero-order valence-corrected chi connectivity index (χ0v) is 10.8. The number of rotatable bonds is 2. The number of amides is 1. The number of nitrogens with one attached hydrogen (secondary N) is 1. The number of benzene rings is 1. The molecule has 19 heavy (non-hydrogen) atoms. The van der Waals surface area contributed by atoms with Gasteiger partial charge in [-0.2, -0.15) is 0 Å². The monoisotopic (exact) mass is 258 g/mol. The Balaban J connectivity index is 1.89. The summed E-state index contributed by atoms with van der Waals surface area (Å²) >= 11 is 0. The molecule has 100 valence electrons. The maximum atomic E-state index is 12.6. The fraction of sp³-hybridized carbons (Fsp3) is 0.400. The van der Waals surface area contributed by atoms with E-state index < -0.39 is 0 Å². The lowest BCUT2D eigenvalue weighted by molar-refractivity contribution is 0.0622. The number of hydrogen-bond donors (Lipinski definition) is 2. The highest BCUT2D eigenvalue weighted by Gasteiger charge is 2.24. The van der Waals surface area contributed by atoms with Gasteiger partial charge in [0.05, 0.1) is 0 Å². The lowest BCUT2D eigenvalue weighted by Gasteiger charge is -2.32. The molecule has 1 aliphatic heterocycles. The molecular weight excluding hydrogens is 240 g/mol. The molecule has 1 aromatic carbocycles. The quantitative estimate of drug-likeness (QED) is 0.865. The summed E-state index contributed by atoms with van der Waals surface area (Å²) < 4.78 is 0. The van der Waals surface area contributed by atoms with Crippen LogP contribution in [0.4, 0.5) is 0 Å². The number of carbonyl (C=O) groups excluding carboxylic acids is 1. The predicted molar refractivity (Wildman–Crippen MR) is 74.0 cm³/mol. The molecule has 0 aliphatic carbocycles. The number of nitrogens with zero attached hydrogens (tertiary/aromatic N) is 1. The predicted octanol–water partition coefficient (Wildman–Crippen LogP) is 2.01. The Kier molecular flexibility index (Phi) is 3.25. The van der Waals surface area contributed by atoms with Crippen LogP contribution in [-0.4, -0.2) is 40.6 Å². The fourth-order valence-corrected chi connectivity index (χ4v) is 2.84. The average Bonchev–Trinajstić information content (AvgIpc) is 2.95. The summed E-state index contributed by atoms with van der Waals surface area (Å²) in [5.41, 5.74) is 1.74. The van der Waals surface area contributed by atoms with Crippen LogP contribution in [0.15, 0.2) is 30.5 Å². The third kappa shape index (κ3) is 2.24. The molecule has 0 spiro atoms. The van der Waals surface area contributed by atoms with Crippen LogP contribution in [0, 0.1) is 5.92 Å². The van der Waals surface area contributed by atoms with E-state index in [1.807, 2.05) is 35.4 Å². The first-order valence-corrected chi connectivity index (χ1v) is 6.76. The van der Waals surface area contributed by atoms with Crippen molar-refractivity contribution in [2.45, 2.75) is 12.8 Å². The normalized spacial score (nSPS) is 19.8. The van der Waals surface area contributed by atoms with Gasteiger partial charge in [-0.05, 0) is 37.0 Å². The number of aliphatic hydroxyl groups is 1. The van der Waals surface area contributed by atoms with E-state index in [-0.39, 0.29) is 18.4 Å². The number of piperidine rings is 1. The smallest absolute Gasteiger partial charge is 0.254 e. The minimum Gasteiger partial charge on any atom is -0.396 e. The van der Waals surface area contributed by atoms with Gasteiger partial charge in [-0.25, -0.2) is 0 Å². The first kappa shape index (κ1) is 12.2. The fourth-order valence-electron chi connectivity index (χ4n) is 2.84. The standard InChI is InChI=1S/C15H18N2O2/c18-10-11-3-2-8-17(9-11)15(19)13-4-1-5-14-12(13)6-7-16-14/h1,4-7,11,16,18H,2-3,8-10H2. The molecule has 1 amide bonds. The molecule has 1 fully saturated rings. The molecule has 4 heteroatoms. The molecule has 1 aliphatic rings. The lowest BCUT2D eigenvalue weighted by atomic mass is 9.98. The van der Waals surface area contributed by atoms with E-state index in [0.717, 1.165) is 35.9 Å². The molecule has 1 unspecified atom stereocenters.